The minimum Gasteiger partial charge on any atom is -0.508 e. The molecule has 2 heterocycles. The van der Waals surface area contributed by atoms with Crippen molar-refractivity contribution in [2.75, 3.05) is 32.7 Å². The van der Waals surface area contributed by atoms with Crippen molar-refractivity contribution >= 4 is 29.7 Å². The predicted octanol–water partition coefficient (Wildman–Crippen LogP) is 2.57. The highest BCUT2D eigenvalue weighted by Gasteiger charge is 2.40. The highest BCUT2D eigenvalue weighted by Crippen LogP contribution is 2.28. The summed E-state index contributed by atoms with van der Waals surface area (Å²) in [6, 6.07) is 3.95. The van der Waals surface area contributed by atoms with Crippen LogP contribution in [-0.2, 0) is 30.3 Å². The first-order chi connectivity index (χ1) is 21.3. The molecule has 3 fully saturated rings. The van der Waals surface area contributed by atoms with Crippen LogP contribution in [0.4, 0.5) is 4.79 Å². The molecule has 0 spiro atoms. The zero-order valence-electron chi connectivity index (χ0n) is 27.0. The molecule has 248 valence electrons. The first kappa shape index (κ1) is 34.1. The van der Waals surface area contributed by atoms with Gasteiger partial charge in [0.1, 0.15) is 29.5 Å². The second kappa shape index (κ2) is 15.0. The summed E-state index contributed by atoms with van der Waals surface area (Å²) >= 11 is 0. The molecule has 12 nitrogen and oxygen atoms in total. The van der Waals surface area contributed by atoms with E-state index in [0.717, 1.165) is 37.7 Å². The van der Waals surface area contributed by atoms with Gasteiger partial charge in [0.25, 0.3) is 0 Å². The van der Waals surface area contributed by atoms with Crippen LogP contribution in [0.1, 0.15) is 78.2 Å². The Bertz CT molecular complexity index is 1220. The van der Waals surface area contributed by atoms with Crippen molar-refractivity contribution in [2.24, 2.45) is 5.92 Å². The Morgan fingerprint density at radius 1 is 0.867 bits per heavy atom. The van der Waals surface area contributed by atoms with E-state index in [1.165, 1.54) is 24.0 Å². The van der Waals surface area contributed by atoms with Gasteiger partial charge in [0.2, 0.25) is 23.6 Å². The fourth-order valence-electron chi connectivity index (χ4n) is 6.48. The van der Waals surface area contributed by atoms with Gasteiger partial charge in [0, 0.05) is 46.1 Å². The van der Waals surface area contributed by atoms with E-state index in [0.29, 0.717) is 45.6 Å². The van der Waals surface area contributed by atoms with Gasteiger partial charge in [-0.2, -0.15) is 0 Å². The summed E-state index contributed by atoms with van der Waals surface area (Å²) in [6.07, 6.45) is 5.23. The third-order valence-corrected chi connectivity index (χ3v) is 8.91. The standard InChI is InChI=1S/C33H49N5O7/c1-22(39)36-17-19-37(20-18-36)31(43)26(21-23-12-14-25(40)15-13-23)34-30(42)28(24-9-6-5-7-10-24)35-29(41)27-11-8-16-38(27)32(44)45-33(2,3)4/h12-15,24,26-28,40H,5-11,16-21H2,1-4H3,(H,34,42)(H,35,41). The first-order valence-corrected chi connectivity index (χ1v) is 16.2. The Balaban J connectivity index is 1.52. The zero-order chi connectivity index (χ0) is 32.7. The fourth-order valence-corrected chi connectivity index (χ4v) is 6.48. The molecular formula is C33H49N5O7. The largest absolute Gasteiger partial charge is 0.508 e. The molecule has 1 aromatic carbocycles. The number of nitrogens with zero attached hydrogens (tertiary/aromatic N) is 3. The summed E-state index contributed by atoms with van der Waals surface area (Å²) in [5.74, 6) is -1.15. The number of rotatable bonds is 8. The monoisotopic (exact) mass is 627 g/mol. The Morgan fingerprint density at radius 2 is 1.49 bits per heavy atom. The van der Waals surface area contributed by atoms with Gasteiger partial charge in [-0.05, 0) is 70.1 Å². The lowest BCUT2D eigenvalue weighted by Crippen LogP contribution is -2.60. The maximum atomic E-state index is 14.1. The number of hydrogen-bond donors (Lipinski definition) is 3. The number of amides is 5. The van der Waals surface area contributed by atoms with Crippen LogP contribution in [0.5, 0.6) is 5.75 Å². The van der Waals surface area contributed by atoms with E-state index >= 15 is 0 Å². The van der Waals surface area contributed by atoms with E-state index in [-0.39, 0.29) is 29.9 Å². The number of carbonyl (C=O) groups is 5. The summed E-state index contributed by atoms with van der Waals surface area (Å²) in [7, 11) is 0. The molecule has 45 heavy (non-hydrogen) atoms. The molecule has 5 amide bonds. The van der Waals surface area contributed by atoms with Crippen LogP contribution >= 0.6 is 0 Å². The number of carbonyl (C=O) groups excluding carboxylic acids is 5. The third kappa shape index (κ3) is 9.34. The summed E-state index contributed by atoms with van der Waals surface area (Å²) < 4.78 is 5.54. The molecule has 0 aromatic heterocycles. The normalized spacial score (nSPS) is 20.7. The van der Waals surface area contributed by atoms with Crippen molar-refractivity contribution in [3.63, 3.8) is 0 Å². The average molecular weight is 628 g/mol. The van der Waals surface area contributed by atoms with E-state index in [2.05, 4.69) is 10.6 Å². The topological polar surface area (TPSA) is 149 Å². The van der Waals surface area contributed by atoms with Gasteiger partial charge in [-0.3, -0.25) is 24.1 Å². The lowest BCUT2D eigenvalue weighted by Gasteiger charge is -2.37. The van der Waals surface area contributed by atoms with Crippen LogP contribution in [0.3, 0.4) is 0 Å². The van der Waals surface area contributed by atoms with Gasteiger partial charge in [-0.1, -0.05) is 31.4 Å². The molecule has 3 atom stereocenters. The predicted molar refractivity (Wildman–Crippen MR) is 167 cm³/mol. The molecule has 1 aromatic rings. The third-order valence-electron chi connectivity index (χ3n) is 8.91. The Morgan fingerprint density at radius 3 is 2.09 bits per heavy atom. The van der Waals surface area contributed by atoms with Crippen molar-refractivity contribution in [2.45, 2.75) is 103 Å². The molecule has 3 aliphatic rings. The van der Waals surface area contributed by atoms with Gasteiger partial charge in [-0.15, -0.1) is 0 Å². The van der Waals surface area contributed by atoms with Crippen LogP contribution in [0.2, 0.25) is 0 Å². The highest BCUT2D eigenvalue weighted by atomic mass is 16.6. The molecule has 1 aliphatic carbocycles. The molecule has 1 saturated carbocycles. The highest BCUT2D eigenvalue weighted by molar-refractivity contribution is 5.94. The quantitative estimate of drug-likeness (QED) is 0.401. The van der Waals surface area contributed by atoms with Gasteiger partial charge < -0.3 is 30.3 Å². The summed E-state index contributed by atoms with van der Waals surface area (Å²) in [6.45, 7) is 8.76. The minimum atomic E-state index is -0.918. The number of ether oxygens (including phenoxy) is 1. The van der Waals surface area contributed by atoms with Crippen molar-refractivity contribution < 1.29 is 33.8 Å². The van der Waals surface area contributed by atoms with E-state index in [1.807, 2.05) is 0 Å². The number of phenols is 1. The minimum absolute atomic E-state index is 0.0467. The van der Waals surface area contributed by atoms with E-state index in [1.54, 1.807) is 42.7 Å². The van der Waals surface area contributed by atoms with Gasteiger partial charge in [0.15, 0.2) is 0 Å². The van der Waals surface area contributed by atoms with Crippen molar-refractivity contribution in [1.82, 2.24) is 25.3 Å². The molecule has 4 rings (SSSR count). The summed E-state index contributed by atoms with van der Waals surface area (Å²) in [4.78, 5) is 71.1. The molecule has 3 unspecified atom stereocenters. The summed E-state index contributed by atoms with van der Waals surface area (Å²) in [5, 5.41) is 15.7. The maximum absolute atomic E-state index is 14.1. The number of nitrogens with one attached hydrogen (secondary N) is 2. The Hall–Kier alpha value is -3.83. The number of benzene rings is 1. The van der Waals surface area contributed by atoms with Crippen LogP contribution < -0.4 is 10.6 Å². The molecule has 2 saturated heterocycles. The van der Waals surface area contributed by atoms with Crippen LogP contribution in [0.25, 0.3) is 0 Å². The van der Waals surface area contributed by atoms with E-state index in [4.69, 9.17) is 4.74 Å². The fraction of sp³-hybridized carbons (Fsp3) is 0.667. The first-order valence-electron chi connectivity index (χ1n) is 16.2. The second-order valence-electron chi connectivity index (χ2n) is 13.5. The molecular weight excluding hydrogens is 578 g/mol. The lowest BCUT2D eigenvalue weighted by molar-refractivity contribution is -0.142. The number of aromatic hydroxyl groups is 1. The molecule has 12 heteroatoms. The van der Waals surface area contributed by atoms with Crippen LogP contribution in [0, 0.1) is 5.92 Å². The Labute approximate surface area is 265 Å². The SMILES string of the molecule is CC(=O)N1CCN(C(=O)C(Cc2ccc(O)cc2)NC(=O)C(NC(=O)C2CCCN2C(=O)OC(C)(C)C)C2CCCCC2)CC1. The Kier molecular flexibility index (Phi) is 11.3. The molecule has 2 aliphatic heterocycles. The lowest BCUT2D eigenvalue weighted by atomic mass is 9.83. The smallest absolute Gasteiger partial charge is 0.410 e. The van der Waals surface area contributed by atoms with E-state index < -0.39 is 41.6 Å². The molecule has 3 N–H and O–H groups in total. The number of phenolic OH excluding ortho intramolecular Hbond substituents is 1. The van der Waals surface area contributed by atoms with Gasteiger partial charge in [-0.25, -0.2) is 4.79 Å². The van der Waals surface area contributed by atoms with Gasteiger partial charge >= 0.3 is 6.09 Å². The summed E-state index contributed by atoms with van der Waals surface area (Å²) in [5.41, 5.74) is 0.0502. The number of likely N-dealkylation sites (tertiary alicyclic amines) is 1. The number of piperazine rings is 1. The van der Waals surface area contributed by atoms with Crippen molar-refractivity contribution in [3.05, 3.63) is 29.8 Å². The maximum Gasteiger partial charge on any atom is 0.410 e. The van der Waals surface area contributed by atoms with Crippen molar-refractivity contribution in [3.8, 4) is 5.75 Å². The van der Waals surface area contributed by atoms with Gasteiger partial charge in [0.05, 0.1) is 0 Å². The number of hydrogen-bond acceptors (Lipinski definition) is 7. The van der Waals surface area contributed by atoms with Crippen molar-refractivity contribution in [1.29, 1.82) is 0 Å². The zero-order valence-corrected chi connectivity index (χ0v) is 27.0. The average Bonchev–Trinajstić information content (AvgIpc) is 3.50. The van der Waals surface area contributed by atoms with Crippen LogP contribution in [-0.4, -0.2) is 106 Å². The molecule has 0 bridgehead atoms. The van der Waals surface area contributed by atoms with E-state index in [9.17, 15) is 29.1 Å². The van der Waals surface area contributed by atoms with Crippen LogP contribution in [0.15, 0.2) is 24.3 Å². The second-order valence-corrected chi connectivity index (χ2v) is 13.5. The molecule has 0 radical (unpaired) electrons.